The van der Waals surface area contributed by atoms with Gasteiger partial charge in [0, 0.05) is 18.6 Å². The van der Waals surface area contributed by atoms with Crippen molar-refractivity contribution in [2.45, 2.75) is 17.4 Å². The highest BCUT2D eigenvalue weighted by atomic mass is 32.2. The molecule has 2 atom stereocenters. The SMILES string of the molecule is O=[N+]([O-])c1ccc(S(=O)(=O)OC2CC[S+]([O-])C2)cc1. The van der Waals surface area contributed by atoms with E-state index < -0.39 is 32.3 Å². The molecule has 0 bridgehead atoms. The second kappa shape index (κ2) is 5.45. The zero-order valence-electron chi connectivity index (χ0n) is 9.72. The van der Waals surface area contributed by atoms with Gasteiger partial charge in [-0.15, -0.1) is 0 Å². The number of nitrogens with zero attached hydrogens (tertiary/aromatic N) is 1. The summed E-state index contributed by atoms with van der Waals surface area (Å²) in [6, 6.07) is 4.45. The topological polar surface area (TPSA) is 110 Å². The van der Waals surface area contributed by atoms with Gasteiger partial charge in [0.15, 0.2) is 0 Å². The van der Waals surface area contributed by atoms with Crippen molar-refractivity contribution in [3.8, 4) is 0 Å². The van der Waals surface area contributed by atoms with Crippen LogP contribution < -0.4 is 0 Å². The quantitative estimate of drug-likeness (QED) is 0.352. The molecule has 1 saturated heterocycles. The monoisotopic (exact) mass is 305 g/mol. The van der Waals surface area contributed by atoms with Crippen LogP contribution in [0.1, 0.15) is 6.42 Å². The first-order valence-corrected chi connectivity index (χ1v) is 8.31. The molecule has 19 heavy (non-hydrogen) atoms. The highest BCUT2D eigenvalue weighted by molar-refractivity contribution is 7.91. The minimum Gasteiger partial charge on any atom is -0.616 e. The van der Waals surface area contributed by atoms with Gasteiger partial charge in [0.05, 0.1) is 9.82 Å². The van der Waals surface area contributed by atoms with Crippen LogP contribution in [0.15, 0.2) is 29.2 Å². The first-order chi connectivity index (χ1) is 8.88. The summed E-state index contributed by atoms with van der Waals surface area (Å²) in [5.74, 6) is 0.632. The van der Waals surface area contributed by atoms with E-state index in [1.807, 2.05) is 0 Å². The lowest BCUT2D eigenvalue weighted by molar-refractivity contribution is -0.384. The van der Waals surface area contributed by atoms with Gasteiger partial charge >= 0.3 is 0 Å². The predicted molar refractivity (Wildman–Crippen MR) is 67.6 cm³/mol. The summed E-state index contributed by atoms with van der Waals surface area (Å²) >= 11 is -1.03. The summed E-state index contributed by atoms with van der Waals surface area (Å²) in [7, 11) is -3.97. The van der Waals surface area contributed by atoms with Gasteiger partial charge in [0.1, 0.15) is 17.6 Å². The highest BCUT2D eigenvalue weighted by Crippen LogP contribution is 2.22. The van der Waals surface area contributed by atoms with E-state index in [4.69, 9.17) is 4.18 Å². The Morgan fingerprint density at radius 3 is 2.42 bits per heavy atom. The van der Waals surface area contributed by atoms with Crippen LogP contribution in [0.3, 0.4) is 0 Å². The van der Waals surface area contributed by atoms with Gasteiger partial charge in [0.2, 0.25) is 0 Å². The molecule has 0 spiro atoms. The molecule has 1 fully saturated rings. The number of non-ortho nitro benzene ring substituents is 1. The fraction of sp³-hybridized carbons (Fsp3) is 0.400. The van der Waals surface area contributed by atoms with Gasteiger partial charge in [-0.2, -0.15) is 8.42 Å². The van der Waals surface area contributed by atoms with Gasteiger partial charge in [-0.25, -0.2) is 0 Å². The third-order valence-electron chi connectivity index (χ3n) is 2.64. The molecule has 2 rings (SSSR count). The Morgan fingerprint density at radius 1 is 1.32 bits per heavy atom. The van der Waals surface area contributed by atoms with Crippen molar-refractivity contribution in [2.75, 3.05) is 11.5 Å². The summed E-state index contributed by atoms with van der Waals surface area (Å²) in [6.45, 7) is 0. The van der Waals surface area contributed by atoms with Crippen molar-refractivity contribution in [2.24, 2.45) is 0 Å². The van der Waals surface area contributed by atoms with Crippen molar-refractivity contribution >= 4 is 27.0 Å². The van der Waals surface area contributed by atoms with E-state index in [1.165, 1.54) is 0 Å². The lowest BCUT2D eigenvalue weighted by Gasteiger charge is -2.09. The van der Waals surface area contributed by atoms with E-state index in [0.717, 1.165) is 24.3 Å². The molecule has 0 aliphatic carbocycles. The van der Waals surface area contributed by atoms with Crippen LogP contribution in [0, 0.1) is 10.1 Å². The fourth-order valence-electron chi connectivity index (χ4n) is 1.68. The summed E-state index contributed by atoms with van der Waals surface area (Å²) in [4.78, 5) is 9.71. The van der Waals surface area contributed by atoms with E-state index in [2.05, 4.69) is 0 Å². The molecule has 0 amide bonds. The average Bonchev–Trinajstić information content (AvgIpc) is 2.74. The largest absolute Gasteiger partial charge is 0.616 e. The molecule has 9 heteroatoms. The van der Waals surface area contributed by atoms with Gasteiger partial charge in [0.25, 0.3) is 15.8 Å². The van der Waals surface area contributed by atoms with E-state index >= 15 is 0 Å². The molecule has 0 saturated carbocycles. The predicted octanol–water partition coefficient (Wildman–Crippen LogP) is 0.821. The molecular weight excluding hydrogens is 294 g/mol. The van der Waals surface area contributed by atoms with E-state index in [1.54, 1.807) is 0 Å². The van der Waals surface area contributed by atoms with Crippen LogP contribution in [0.4, 0.5) is 5.69 Å². The Hall–Kier alpha value is -1.16. The van der Waals surface area contributed by atoms with Gasteiger partial charge in [-0.1, -0.05) is 11.2 Å². The van der Waals surface area contributed by atoms with E-state index in [9.17, 15) is 23.1 Å². The molecule has 0 radical (unpaired) electrons. The van der Waals surface area contributed by atoms with Crippen LogP contribution in [0.5, 0.6) is 0 Å². The van der Waals surface area contributed by atoms with E-state index in [0.29, 0.717) is 12.2 Å². The van der Waals surface area contributed by atoms with Crippen LogP contribution in [0.2, 0.25) is 0 Å². The van der Waals surface area contributed by atoms with E-state index in [-0.39, 0.29) is 16.3 Å². The maximum atomic E-state index is 11.9. The first-order valence-electron chi connectivity index (χ1n) is 5.41. The van der Waals surface area contributed by atoms with Crippen molar-refractivity contribution in [3.63, 3.8) is 0 Å². The number of rotatable bonds is 4. The second-order valence-electron chi connectivity index (χ2n) is 4.02. The van der Waals surface area contributed by atoms with Crippen LogP contribution in [-0.4, -0.2) is 35.5 Å². The maximum absolute atomic E-state index is 11.9. The lowest BCUT2D eigenvalue weighted by atomic mass is 10.3. The van der Waals surface area contributed by atoms with Crippen molar-refractivity contribution in [1.82, 2.24) is 0 Å². The Morgan fingerprint density at radius 2 is 1.95 bits per heavy atom. The van der Waals surface area contributed by atoms with Gasteiger partial charge in [-0.05, 0) is 12.1 Å². The number of benzene rings is 1. The standard InChI is InChI=1S/C10H11NO6S2/c12-11(13)8-1-3-10(4-2-8)19(15,16)17-9-5-6-18(14)7-9/h1-4,9H,5-7H2. The van der Waals surface area contributed by atoms with Crippen molar-refractivity contribution in [3.05, 3.63) is 34.4 Å². The zero-order valence-corrected chi connectivity index (χ0v) is 11.4. The minimum absolute atomic E-state index is 0.143. The van der Waals surface area contributed by atoms with Crippen LogP contribution >= 0.6 is 0 Å². The van der Waals surface area contributed by atoms with Crippen molar-refractivity contribution in [1.29, 1.82) is 0 Å². The Balaban J connectivity index is 2.13. The number of nitro benzene ring substituents is 1. The number of hydrogen-bond donors (Lipinski definition) is 0. The smallest absolute Gasteiger partial charge is 0.297 e. The Bertz CT molecular complexity index is 570. The maximum Gasteiger partial charge on any atom is 0.297 e. The normalized spacial score (nSPS) is 23.4. The zero-order chi connectivity index (χ0) is 14.0. The molecular formula is C10H11NO6S2. The average molecular weight is 305 g/mol. The first kappa shape index (κ1) is 14.3. The molecule has 1 aromatic carbocycles. The highest BCUT2D eigenvalue weighted by Gasteiger charge is 2.32. The molecule has 1 heterocycles. The summed E-state index contributed by atoms with van der Waals surface area (Å²) in [6.07, 6.45) is -0.153. The molecule has 1 aliphatic rings. The molecule has 0 N–H and O–H groups in total. The van der Waals surface area contributed by atoms with Crippen molar-refractivity contribution < 1.29 is 22.1 Å². The van der Waals surface area contributed by atoms with Gasteiger partial charge < -0.3 is 4.55 Å². The second-order valence-corrected chi connectivity index (χ2v) is 7.22. The molecule has 0 aromatic heterocycles. The third-order valence-corrected chi connectivity index (χ3v) is 5.45. The Kier molecular flexibility index (Phi) is 4.09. The summed E-state index contributed by atoms with van der Waals surface area (Å²) in [5.41, 5.74) is -0.194. The molecule has 7 nitrogen and oxygen atoms in total. The number of hydrogen-bond acceptors (Lipinski definition) is 6. The van der Waals surface area contributed by atoms with Crippen LogP contribution in [0.25, 0.3) is 0 Å². The third kappa shape index (κ3) is 3.44. The summed E-state index contributed by atoms with van der Waals surface area (Å²) < 4.78 is 39.9. The molecule has 104 valence electrons. The lowest BCUT2D eigenvalue weighted by Crippen LogP contribution is -2.19. The molecule has 1 aliphatic heterocycles. The summed E-state index contributed by atoms with van der Waals surface area (Å²) in [5, 5.41) is 10.5. The minimum atomic E-state index is -3.97. The molecule has 2 unspecified atom stereocenters. The van der Waals surface area contributed by atoms with Gasteiger partial charge in [-0.3, -0.25) is 14.3 Å². The molecule has 1 aromatic rings. The fourth-order valence-corrected chi connectivity index (χ4v) is 4.21. The number of nitro groups is 1. The Labute approximate surface area is 113 Å². The van der Waals surface area contributed by atoms with Crippen LogP contribution in [-0.2, 0) is 25.5 Å².